The Hall–Kier alpha value is -1.07. The lowest BCUT2D eigenvalue weighted by Crippen LogP contribution is -2.36. The van der Waals surface area contributed by atoms with E-state index in [1.807, 2.05) is 13.8 Å². The van der Waals surface area contributed by atoms with Crippen LogP contribution in [0.2, 0.25) is 5.02 Å². The van der Waals surface area contributed by atoms with E-state index >= 15 is 0 Å². The van der Waals surface area contributed by atoms with Crippen molar-refractivity contribution in [3.63, 3.8) is 0 Å². The van der Waals surface area contributed by atoms with Gasteiger partial charge in [0.25, 0.3) is 0 Å². The number of carbonyl (C=O) groups excluding carboxylic acids is 1. The van der Waals surface area contributed by atoms with Gasteiger partial charge in [0.2, 0.25) is 5.91 Å². The smallest absolute Gasteiger partial charge is 0.235 e. The molecular formula is C13H18ClNO3S. The van der Waals surface area contributed by atoms with Crippen LogP contribution in [0.25, 0.3) is 0 Å². The fraction of sp³-hybridized carbons (Fsp3) is 0.462. The number of benzene rings is 1. The van der Waals surface area contributed by atoms with Crippen molar-refractivity contribution in [1.82, 2.24) is 5.32 Å². The van der Waals surface area contributed by atoms with Gasteiger partial charge in [0.05, 0.1) is 5.75 Å². The van der Waals surface area contributed by atoms with Crippen LogP contribution in [0.3, 0.4) is 0 Å². The number of sulfone groups is 1. The molecule has 0 radical (unpaired) electrons. The highest BCUT2D eigenvalue weighted by atomic mass is 35.5. The third kappa shape index (κ3) is 6.07. The van der Waals surface area contributed by atoms with Gasteiger partial charge in [-0.25, -0.2) is 8.42 Å². The molecule has 0 heterocycles. The number of nitrogens with one attached hydrogen (secondary N) is 1. The van der Waals surface area contributed by atoms with Crippen molar-refractivity contribution < 1.29 is 13.2 Å². The van der Waals surface area contributed by atoms with Crippen LogP contribution in [0, 0.1) is 0 Å². The second-order valence-electron chi connectivity index (χ2n) is 4.54. The fourth-order valence-corrected chi connectivity index (χ4v) is 2.92. The molecule has 0 aliphatic carbocycles. The van der Waals surface area contributed by atoms with Crippen LogP contribution in [0.1, 0.15) is 25.8 Å². The molecule has 1 atom stereocenters. The quantitative estimate of drug-likeness (QED) is 0.876. The van der Waals surface area contributed by atoms with Crippen molar-refractivity contribution in [2.75, 3.05) is 5.75 Å². The van der Waals surface area contributed by atoms with E-state index in [4.69, 9.17) is 11.6 Å². The summed E-state index contributed by atoms with van der Waals surface area (Å²) in [5, 5.41) is 3.19. The molecule has 1 unspecified atom stereocenters. The minimum absolute atomic E-state index is 0.0155. The standard InChI is InChI=1S/C13H18ClNO3S/c1-3-10(2)15-13(16)9-19(17,18)8-11-4-6-12(14)7-5-11/h4-7,10H,3,8-9H2,1-2H3,(H,15,16). The molecule has 0 spiro atoms. The zero-order valence-corrected chi connectivity index (χ0v) is 12.6. The Morgan fingerprint density at radius 3 is 2.42 bits per heavy atom. The minimum atomic E-state index is -3.46. The van der Waals surface area contributed by atoms with Gasteiger partial charge in [-0.2, -0.15) is 0 Å². The largest absolute Gasteiger partial charge is 0.353 e. The second-order valence-corrected chi connectivity index (χ2v) is 7.04. The average molecular weight is 304 g/mol. The highest BCUT2D eigenvalue weighted by Crippen LogP contribution is 2.12. The van der Waals surface area contributed by atoms with Crippen molar-refractivity contribution in [2.24, 2.45) is 0 Å². The molecule has 0 aliphatic heterocycles. The van der Waals surface area contributed by atoms with Gasteiger partial charge in [-0.05, 0) is 31.0 Å². The molecule has 1 aromatic carbocycles. The van der Waals surface area contributed by atoms with Crippen molar-refractivity contribution in [3.05, 3.63) is 34.9 Å². The third-order valence-corrected chi connectivity index (χ3v) is 4.40. The van der Waals surface area contributed by atoms with E-state index in [1.165, 1.54) is 0 Å². The summed E-state index contributed by atoms with van der Waals surface area (Å²) in [4.78, 5) is 11.6. The first kappa shape index (κ1) is 16.0. The second kappa shape index (κ2) is 6.91. The molecule has 0 saturated heterocycles. The maximum atomic E-state index is 11.9. The summed E-state index contributed by atoms with van der Waals surface area (Å²) < 4.78 is 23.7. The molecule has 0 fully saturated rings. The van der Waals surface area contributed by atoms with Crippen molar-refractivity contribution in [2.45, 2.75) is 32.1 Å². The summed E-state index contributed by atoms with van der Waals surface area (Å²) in [6.07, 6.45) is 0.767. The number of hydrogen-bond acceptors (Lipinski definition) is 3. The third-order valence-electron chi connectivity index (χ3n) is 2.67. The molecule has 0 aromatic heterocycles. The van der Waals surface area contributed by atoms with Crippen molar-refractivity contribution in [3.8, 4) is 0 Å². The Morgan fingerprint density at radius 2 is 1.89 bits per heavy atom. The average Bonchev–Trinajstić information content (AvgIpc) is 2.30. The van der Waals surface area contributed by atoms with Gasteiger partial charge in [0, 0.05) is 11.1 Å². The molecular weight excluding hydrogens is 286 g/mol. The summed E-state index contributed by atoms with van der Waals surface area (Å²) in [5.41, 5.74) is 0.626. The van der Waals surface area contributed by atoms with Gasteiger partial charge in [-0.1, -0.05) is 30.7 Å². The van der Waals surface area contributed by atoms with Crippen LogP contribution in [0.15, 0.2) is 24.3 Å². The van der Waals surface area contributed by atoms with E-state index in [1.54, 1.807) is 24.3 Å². The Morgan fingerprint density at radius 1 is 1.32 bits per heavy atom. The fourth-order valence-electron chi connectivity index (χ4n) is 1.50. The van der Waals surface area contributed by atoms with Gasteiger partial charge >= 0.3 is 0 Å². The molecule has 0 aliphatic rings. The Kier molecular flexibility index (Phi) is 5.82. The summed E-state index contributed by atoms with van der Waals surface area (Å²) in [6.45, 7) is 3.76. The van der Waals surface area contributed by atoms with Crippen LogP contribution in [-0.2, 0) is 20.4 Å². The van der Waals surface area contributed by atoms with E-state index in [0.717, 1.165) is 6.42 Å². The highest BCUT2D eigenvalue weighted by Gasteiger charge is 2.18. The summed E-state index contributed by atoms with van der Waals surface area (Å²) in [7, 11) is -3.46. The zero-order valence-electron chi connectivity index (χ0n) is 11.0. The number of carbonyl (C=O) groups is 1. The van der Waals surface area contributed by atoms with Gasteiger partial charge in [0.15, 0.2) is 9.84 Å². The molecule has 106 valence electrons. The molecule has 1 aromatic rings. The Labute approximate surface area is 119 Å². The molecule has 1 rings (SSSR count). The Balaban J connectivity index is 2.61. The van der Waals surface area contributed by atoms with Crippen LogP contribution in [-0.4, -0.2) is 26.1 Å². The molecule has 0 saturated carbocycles. The lowest BCUT2D eigenvalue weighted by Gasteiger charge is -2.11. The normalized spacial score (nSPS) is 13.0. The van der Waals surface area contributed by atoms with Gasteiger partial charge in [0.1, 0.15) is 5.75 Å². The number of amides is 1. The van der Waals surface area contributed by atoms with Crippen LogP contribution >= 0.6 is 11.6 Å². The highest BCUT2D eigenvalue weighted by molar-refractivity contribution is 7.91. The zero-order chi connectivity index (χ0) is 14.5. The SMILES string of the molecule is CCC(C)NC(=O)CS(=O)(=O)Cc1ccc(Cl)cc1. The summed E-state index contributed by atoms with van der Waals surface area (Å²) in [6, 6.07) is 6.54. The molecule has 19 heavy (non-hydrogen) atoms. The van der Waals surface area contributed by atoms with Gasteiger partial charge in [-0.3, -0.25) is 4.79 Å². The first-order chi connectivity index (χ1) is 8.82. The van der Waals surface area contributed by atoms with Crippen molar-refractivity contribution in [1.29, 1.82) is 0 Å². The van der Waals surface area contributed by atoms with E-state index in [-0.39, 0.29) is 11.8 Å². The summed E-state index contributed by atoms with van der Waals surface area (Å²) >= 11 is 5.73. The van der Waals surface area contributed by atoms with Crippen LogP contribution in [0.4, 0.5) is 0 Å². The molecule has 1 amide bonds. The van der Waals surface area contributed by atoms with E-state index in [9.17, 15) is 13.2 Å². The molecule has 4 nitrogen and oxygen atoms in total. The van der Waals surface area contributed by atoms with E-state index in [2.05, 4.69) is 5.32 Å². The van der Waals surface area contributed by atoms with Gasteiger partial charge < -0.3 is 5.32 Å². The molecule has 6 heteroatoms. The first-order valence-electron chi connectivity index (χ1n) is 6.06. The predicted octanol–water partition coefficient (Wildman–Crippen LogP) is 2.17. The van der Waals surface area contributed by atoms with E-state index in [0.29, 0.717) is 10.6 Å². The topological polar surface area (TPSA) is 63.2 Å². The monoisotopic (exact) mass is 303 g/mol. The number of rotatable bonds is 6. The lowest BCUT2D eigenvalue weighted by molar-refractivity contribution is -0.119. The maximum Gasteiger partial charge on any atom is 0.235 e. The van der Waals surface area contributed by atoms with Crippen LogP contribution < -0.4 is 5.32 Å². The Bertz CT molecular complexity index is 525. The molecule has 0 bridgehead atoms. The number of halogens is 1. The first-order valence-corrected chi connectivity index (χ1v) is 8.26. The van der Waals surface area contributed by atoms with E-state index < -0.39 is 21.5 Å². The molecule has 1 N–H and O–H groups in total. The minimum Gasteiger partial charge on any atom is -0.353 e. The van der Waals surface area contributed by atoms with Crippen LogP contribution in [0.5, 0.6) is 0 Å². The van der Waals surface area contributed by atoms with Gasteiger partial charge in [-0.15, -0.1) is 0 Å². The number of hydrogen-bond donors (Lipinski definition) is 1. The predicted molar refractivity (Wildman–Crippen MR) is 76.8 cm³/mol. The summed E-state index contributed by atoms with van der Waals surface area (Å²) in [5.74, 6) is -1.10. The maximum absolute atomic E-state index is 11.9. The lowest BCUT2D eigenvalue weighted by atomic mass is 10.2. The van der Waals surface area contributed by atoms with Crippen molar-refractivity contribution >= 4 is 27.3 Å².